The number of nitrogens with one attached hydrogen (secondary N) is 1. The molecule has 0 bridgehead atoms. The van der Waals surface area contributed by atoms with Gasteiger partial charge in [-0.3, -0.25) is 14.7 Å². The molecule has 2 aliphatic rings. The molecule has 2 fully saturated rings. The van der Waals surface area contributed by atoms with Gasteiger partial charge in [-0.1, -0.05) is 42.5 Å². The zero-order valence-corrected chi connectivity index (χ0v) is 18.9. The van der Waals surface area contributed by atoms with Gasteiger partial charge in [0, 0.05) is 52.9 Å². The molecular formula is C25H35N5O. The third-order valence-electron chi connectivity index (χ3n) is 6.71. The molecule has 6 heteroatoms. The summed E-state index contributed by atoms with van der Waals surface area (Å²) >= 11 is 0. The highest BCUT2D eigenvalue weighted by molar-refractivity contribution is 5.86. The maximum atomic E-state index is 12.7. The van der Waals surface area contributed by atoms with E-state index in [1.54, 1.807) is 0 Å². The first kappa shape index (κ1) is 21.6. The first-order valence-corrected chi connectivity index (χ1v) is 11.6. The Morgan fingerprint density at radius 3 is 2.42 bits per heavy atom. The molecular weight excluding hydrogens is 386 g/mol. The molecule has 0 aromatic heterocycles. The number of hydrogen-bond acceptors (Lipinski definition) is 3. The summed E-state index contributed by atoms with van der Waals surface area (Å²) in [6, 6.07) is 15.0. The van der Waals surface area contributed by atoms with Crippen molar-refractivity contribution in [3.05, 3.63) is 48.0 Å². The van der Waals surface area contributed by atoms with Crippen LogP contribution in [-0.2, 0) is 11.2 Å². The number of rotatable bonds is 5. The zero-order valence-electron chi connectivity index (χ0n) is 18.9. The predicted molar refractivity (Wildman–Crippen MR) is 127 cm³/mol. The molecule has 6 nitrogen and oxygen atoms in total. The average molecular weight is 422 g/mol. The smallest absolute Gasteiger partial charge is 0.239 e. The van der Waals surface area contributed by atoms with Crippen LogP contribution >= 0.6 is 0 Å². The Morgan fingerprint density at radius 1 is 0.968 bits per heavy atom. The van der Waals surface area contributed by atoms with Crippen molar-refractivity contribution >= 4 is 22.6 Å². The molecule has 1 amide bonds. The second kappa shape index (κ2) is 10.1. The van der Waals surface area contributed by atoms with E-state index in [0.717, 1.165) is 71.0 Å². The molecule has 2 aliphatic heterocycles. The van der Waals surface area contributed by atoms with Crippen molar-refractivity contribution in [2.45, 2.75) is 32.2 Å². The van der Waals surface area contributed by atoms with Gasteiger partial charge < -0.3 is 15.1 Å². The summed E-state index contributed by atoms with van der Waals surface area (Å²) in [4.78, 5) is 23.9. The maximum absolute atomic E-state index is 12.7. The molecule has 2 aromatic carbocycles. The van der Waals surface area contributed by atoms with Crippen molar-refractivity contribution in [3.63, 3.8) is 0 Å². The van der Waals surface area contributed by atoms with E-state index in [1.807, 2.05) is 11.9 Å². The number of carbonyl (C=O) groups excluding carboxylic acids is 1. The zero-order chi connectivity index (χ0) is 21.6. The monoisotopic (exact) mass is 421 g/mol. The second-order valence-corrected chi connectivity index (χ2v) is 8.59. The Morgan fingerprint density at radius 2 is 1.68 bits per heavy atom. The maximum Gasteiger partial charge on any atom is 0.239 e. The van der Waals surface area contributed by atoms with E-state index in [2.05, 4.69) is 69.5 Å². The average Bonchev–Trinajstić information content (AvgIpc) is 3.36. The molecule has 1 atom stereocenters. The molecule has 0 spiro atoms. The lowest BCUT2D eigenvalue weighted by Crippen LogP contribution is -2.57. The Bertz CT molecular complexity index is 908. The van der Waals surface area contributed by atoms with Crippen LogP contribution < -0.4 is 5.32 Å². The molecule has 31 heavy (non-hydrogen) atoms. The van der Waals surface area contributed by atoms with Crippen LogP contribution in [0.25, 0.3) is 10.8 Å². The van der Waals surface area contributed by atoms with E-state index in [1.165, 1.54) is 16.3 Å². The molecule has 0 saturated carbocycles. The SMILES string of the molecule is CN=C(NCCc1cccc2ccccc12)N1CCN(C(C)C(=O)N2CCCC2)CC1. The summed E-state index contributed by atoms with van der Waals surface area (Å²) in [5.74, 6) is 1.25. The minimum atomic E-state index is -0.0263. The second-order valence-electron chi connectivity index (χ2n) is 8.59. The van der Waals surface area contributed by atoms with Crippen molar-refractivity contribution in [2.75, 3.05) is 52.9 Å². The van der Waals surface area contributed by atoms with Crippen molar-refractivity contribution in [3.8, 4) is 0 Å². The van der Waals surface area contributed by atoms with Crippen LogP contribution in [0.4, 0.5) is 0 Å². The first-order chi connectivity index (χ1) is 15.2. The number of nitrogens with zero attached hydrogens (tertiary/aromatic N) is 4. The Kier molecular flexibility index (Phi) is 7.07. The number of carbonyl (C=O) groups is 1. The standard InChI is InChI=1S/C25H35N5O/c1-20(24(31)29-14-5-6-15-29)28-16-18-30(19-17-28)25(26-2)27-13-12-22-10-7-9-21-8-3-4-11-23(21)22/h3-4,7-11,20H,5-6,12-19H2,1-2H3,(H,26,27). The van der Waals surface area contributed by atoms with Gasteiger partial charge in [-0.15, -0.1) is 0 Å². The van der Waals surface area contributed by atoms with Crippen LogP contribution in [0.3, 0.4) is 0 Å². The molecule has 1 unspecified atom stereocenters. The molecule has 2 aromatic rings. The van der Waals surface area contributed by atoms with Crippen molar-refractivity contribution in [2.24, 2.45) is 4.99 Å². The summed E-state index contributed by atoms with van der Waals surface area (Å²) < 4.78 is 0. The predicted octanol–water partition coefficient (Wildman–Crippen LogP) is 2.59. The fourth-order valence-electron chi connectivity index (χ4n) is 4.83. The summed E-state index contributed by atoms with van der Waals surface area (Å²) in [5, 5.41) is 6.16. The van der Waals surface area contributed by atoms with Crippen LogP contribution in [0.15, 0.2) is 47.5 Å². The highest BCUT2D eigenvalue weighted by Crippen LogP contribution is 2.19. The molecule has 1 N–H and O–H groups in total. The minimum Gasteiger partial charge on any atom is -0.356 e. The first-order valence-electron chi connectivity index (χ1n) is 11.6. The minimum absolute atomic E-state index is 0.0263. The van der Waals surface area contributed by atoms with Gasteiger partial charge in [-0.05, 0) is 42.5 Å². The lowest BCUT2D eigenvalue weighted by atomic mass is 10.0. The van der Waals surface area contributed by atoms with Gasteiger partial charge in [0.05, 0.1) is 6.04 Å². The number of amides is 1. The van der Waals surface area contributed by atoms with Crippen molar-refractivity contribution in [1.29, 1.82) is 0 Å². The Hall–Kier alpha value is -2.60. The van der Waals surface area contributed by atoms with Gasteiger partial charge in [0.1, 0.15) is 0 Å². The van der Waals surface area contributed by atoms with E-state index in [0.29, 0.717) is 5.91 Å². The molecule has 0 aliphatic carbocycles. The number of benzene rings is 2. The number of guanidine groups is 1. The number of fused-ring (bicyclic) bond motifs is 1. The van der Waals surface area contributed by atoms with Crippen LogP contribution in [0.2, 0.25) is 0 Å². The fourth-order valence-corrected chi connectivity index (χ4v) is 4.83. The van der Waals surface area contributed by atoms with Gasteiger partial charge >= 0.3 is 0 Å². The number of hydrogen-bond donors (Lipinski definition) is 1. The normalized spacial score (nSPS) is 19.1. The van der Waals surface area contributed by atoms with Gasteiger partial charge in [-0.2, -0.15) is 0 Å². The topological polar surface area (TPSA) is 51.2 Å². The van der Waals surface area contributed by atoms with E-state index in [4.69, 9.17) is 0 Å². The van der Waals surface area contributed by atoms with Crippen LogP contribution in [-0.4, -0.2) is 85.5 Å². The summed E-state index contributed by atoms with van der Waals surface area (Å²) in [5.41, 5.74) is 1.36. The number of likely N-dealkylation sites (tertiary alicyclic amines) is 1. The fraction of sp³-hybridized carbons (Fsp3) is 0.520. The molecule has 0 radical (unpaired) electrons. The molecule has 4 rings (SSSR count). The van der Waals surface area contributed by atoms with Gasteiger partial charge in [0.2, 0.25) is 5.91 Å². The third-order valence-corrected chi connectivity index (χ3v) is 6.71. The Labute approximate surface area is 185 Å². The third kappa shape index (κ3) is 5.01. The van der Waals surface area contributed by atoms with Gasteiger partial charge in [-0.25, -0.2) is 0 Å². The summed E-state index contributed by atoms with van der Waals surface area (Å²) in [6.07, 6.45) is 3.25. The van der Waals surface area contributed by atoms with E-state index < -0.39 is 0 Å². The van der Waals surface area contributed by atoms with E-state index >= 15 is 0 Å². The lowest BCUT2D eigenvalue weighted by Gasteiger charge is -2.39. The quantitative estimate of drug-likeness (QED) is 0.596. The van der Waals surface area contributed by atoms with E-state index in [-0.39, 0.29) is 6.04 Å². The molecule has 2 heterocycles. The summed E-state index contributed by atoms with van der Waals surface area (Å²) in [6.45, 7) is 8.35. The summed E-state index contributed by atoms with van der Waals surface area (Å²) in [7, 11) is 1.85. The lowest BCUT2D eigenvalue weighted by molar-refractivity contribution is -0.135. The van der Waals surface area contributed by atoms with Crippen molar-refractivity contribution in [1.82, 2.24) is 20.0 Å². The van der Waals surface area contributed by atoms with Crippen LogP contribution in [0, 0.1) is 0 Å². The largest absolute Gasteiger partial charge is 0.356 e. The highest BCUT2D eigenvalue weighted by atomic mass is 16.2. The van der Waals surface area contributed by atoms with Crippen LogP contribution in [0.5, 0.6) is 0 Å². The van der Waals surface area contributed by atoms with Gasteiger partial charge in [0.15, 0.2) is 5.96 Å². The van der Waals surface area contributed by atoms with Gasteiger partial charge in [0.25, 0.3) is 0 Å². The van der Waals surface area contributed by atoms with Crippen molar-refractivity contribution < 1.29 is 4.79 Å². The molecule has 2 saturated heterocycles. The Balaban J connectivity index is 1.27. The number of aliphatic imine (C=N–C) groups is 1. The highest BCUT2D eigenvalue weighted by Gasteiger charge is 2.30. The molecule has 166 valence electrons. The number of piperazine rings is 1. The van der Waals surface area contributed by atoms with Crippen LogP contribution in [0.1, 0.15) is 25.3 Å². The van der Waals surface area contributed by atoms with E-state index in [9.17, 15) is 4.79 Å².